The zero-order chi connectivity index (χ0) is 6.81. The van der Waals surface area contributed by atoms with Crippen LogP contribution in [0.2, 0.25) is 0 Å². The zero-order valence-corrected chi connectivity index (χ0v) is 5.36. The minimum Gasteiger partial charge on any atom is -0.332 e. The van der Waals surface area contributed by atoms with Crippen molar-refractivity contribution in [2.24, 2.45) is 4.99 Å². The van der Waals surface area contributed by atoms with Crippen molar-refractivity contribution in [1.82, 2.24) is 4.57 Å². The Morgan fingerprint density at radius 2 is 2.50 bits per heavy atom. The summed E-state index contributed by atoms with van der Waals surface area (Å²) in [4.78, 5) is 3.92. The average Bonchev–Trinajstić information content (AvgIpc) is 2.28. The van der Waals surface area contributed by atoms with Crippen molar-refractivity contribution in [2.45, 2.75) is 0 Å². The van der Waals surface area contributed by atoms with Crippen LogP contribution in [0.25, 0.3) is 6.20 Å². The molecule has 1 aromatic rings. The molecule has 0 amide bonds. The van der Waals surface area contributed by atoms with E-state index >= 15 is 0 Å². The fraction of sp³-hybridized carbons (Fsp3) is 0. The Morgan fingerprint density at radius 1 is 1.50 bits per heavy atom. The van der Waals surface area contributed by atoms with Crippen LogP contribution in [-0.2, 0) is 0 Å². The van der Waals surface area contributed by atoms with Gasteiger partial charge in [-0.1, -0.05) is 0 Å². The van der Waals surface area contributed by atoms with E-state index in [4.69, 9.17) is 0 Å². The SMILES string of the molecule is C1=Cn2cccc2NC=N1. The van der Waals surface area contributed by atoms with Crippen LogP contribution in [0.1, 0.15) is 0 Å². The van der Waals surface area contributed by atoms with E-state index in [1.54, 1.807) is 12.5 Å². The summed E-state index contributed by atoms with van der Waals surface area (Å²) in [5.74, 6) is 1.04. The van der Waals surface area contributed by atoms with E-state index in [2.05, 4.69) is 10.3 Å². The third-order valence-corrected chi connectivity index (χ3v) is 1.38. The first-order valence-corrected chi connectivity index (χ1v) is 3.08. The van der Waals surface area contributed by atoms with Gasteiger partial charge in [-0.15, -0.1) is 0 Å². The summed E-state index contributed by atoms with van der Waals surface area (Å²) in [6.07, 6.45) is 7.26. The first-order chi connectivity index (χ1) is 4.97. The van der Waals surface area contributed by atoms with Gasteiger partial charge in [0.25, 0.3) is 0 Å². The number of nitrogens with one attached hydrogen (secondary N) is 1. The Kier molecular flexibility index (Phi) is 1.07. The van der Waals surface area contributed by atoms with Crippen molar-refractivity contribution >= 4 is 18.4 Å². The van der Waals surface area contributed by atoms with Gasteiger partial charge in [-0.2, -0.15) is 0 Å². The molecule has 2 rings (SSSR count). The van der Waals surface area contributed by atoms with Crippen molar-refractivity contribution in [3.8, 4) is 0 Å². The third kappa shape index (κ3) is 0.719. The van der Waals surface area contributed by atoms with Crippen molar-refractivity contribution < 1.29 is 0 Å². The number of hydrogen-bond acceptors (Lipinski definition) is 2. The van der Waals surface area contributed by atoms with Gasteiger partial charge in [-0.3, -0.25) is 0 Å². The van der Waals surface area contributed by atoms with Crippen molar-refractivity contribution in [3.63, 3.8) is 0 Å². The third-order valence-electron chi connectivity index (χ3n) is 1.38. The molecule has 0 aliphatic carbocycles. The Bertz CT molecular complexity index is 283. The molecule has 50 valence electrons. The highest BCUT2D eigenvalue weighted by Gasteiger charge is 1.94. The van der Waals surface area contributed by atoms with E-state index in [1.807, 2.05) is 29.1 Å². The van der Waals surface area contributed by atoms with Crippen molar-refractivity contribution in [1.29, 1.82) is 0 Å². The molecule has 0 atom stereocenters. The zero-order valence-electron chi connectivity index (χ0n) is 5.36. The Balaban J connectivity index is 2.50. The number of hydrogen-bond donors (Lipinski definition) is 1. The second-order valence-corrected chi connectivity index (χ2v) is 2.02. The predicted octanol–water partition coefficient (Wildman–Crippen LogP) is 1.37. The molecule has 1 aliphatic rings. The predicted molar refractivity (Wildman–Crippen MR) is 41.9 cm³/mol. The second kappa shape index (κ2) is 2.02. The highest BCUT2D eigenvalue weighted by atomic mass is 15.1. The van der Waals surface area contributed by atoms with Gasteiger partial charge in [0.15, 0.2) is 0 Å². The highest BCUT2D eigenvalue weighted by Crippen LogP contribution is 2.09. The van der Waals surface area contributed by atoms with E-state index in [0.717, 1.165) is 5.82 Å². The van der Waals surface area contributed by atoms with E-state index in [1.165, 1.54) is 0 Å². The number of aliphatic imine (C=N–C) groups is 1. The molecule has 0 radical (unpaired) electrons. The Morgan fingerprint density at radius 3 is 3.50 bits per heavy atom. The summed E-state index contributed by atoms with van der Waals surface area (Å²) in [6.45, 7) is 0. The largest absolute Gasteiger partial charge is 0.332 e. The monoisotopic (exact) mass is 133 g/mol. The minimum atomic E-state index is 1.04. The van der Waals surface area contributed by atoms with Crippen LogP contribution in [0.4, 0.5) is 5.82 Å². The van der Waals surface area contributed by atoms with Crippen LogP contribution in [-0.4, -0.2) is 10.9 Å². The first kappa shape index (κ1) is 5.29. The molecule has 0 saturated heterocycles. The maximum atomic E-state index is 3.92. The quantitative estimate of drug-likeness (QED) is 0.569. The van der Waals surface area contributed by atoms with Gasteiger partial charge in [0.05, 0.1) is 6.34 Å². The molecule has 10 heavy (non-hydrogen) atoms. The normalized spacial score (nSPS) is 14.0. The maximum Gasteiger partial charge on any atom is 0.115 e. The standard InChI is InChI=1S/C7H7N3/c1-2-7-9-6-8-3-5-10(7)4-1/h1-6H,(H,8,9). The average molecular weight is 133 g/mol. The Hall–Kier alpha value is -1.51. The summed E-state index contributed by atoms with van der Waals surface area (Å²) < 4.78 is 1.97. The molecule has 0 saturated carbocycles. The summed E-state index contributed by atoms with van der Waals surface area (Å²) in [7, 11) is 0. The van der Waals surface area contributed by atoms with Crippen molar-refractivity contribution in [3.05, 3.63) is 24.5 Å². The number of rotatable bonds is 0. The molecular formula is C7H7N3. The fourth-order valence-electron chi connectivity index (χ4n) is 0.903. The summed E-state index contributed by atoms with van der Waals surface area (Å²) in [5, 5.41) is 3.01. The lowest BCUT2D eigenvalue weighted by Gasteiger charge is -1.97. The van der Waals surface area contributed by atoms with Gasteiger partial charge in [-0.25, -0.2) is 4.99 Å². The van der Waals surface area contributed by atoms with Crippen LogP contribution in [0.5, 0.6) is 0 Å². The van der Waals surface area contributed by atoms with Gasteiger partial charge >= 0.3 is 0 Å². The molecule has 1 N–H and O–H groups in total. The van der Waals surface area contributed by atoms with E-state index in [0.29, 0.717) is 0 Å². The number of nitrogens with zero attached hydrogens (tertiary/aromatic N) is 2. The summed E-state index contributed by atoms with van der Waals surface area (Å²) >= 11 is 0. The van der Waals surface area contributed by atoms with Gasteiger partial charge < -0.3 is 9.88 Å². The van der Waals surface area contributed by atoms with Gasteiger partial charge in [-0.05, 0) is 12.1 Å². The van der Waals surface area contributed by atoms with Crippen LogP contribution >= 0.6 is 0 Å². The fourth-order valence-corrected chi connectivity index (χ4v) is 0.903. The van der Waals surface area contributed by atoms with Crippen LogP contribution in [0, 0.1) is 0 Å². The van der Waals surface area contributed by atoms with Gasteiger partial charge in [0.1, 0.15) is 5.82 Å². The summed E-state index contributed by atoms with van der Waals surface area (Å²) in [6, 6.07) is 3.97. The van der Waals surface area contributed by atoms with Gasteiger partial charge in [0, 0.05) is 18.6 Å². The molecule has 1 aromatic heterocycles. The molecule has 1 aliphatic heterocycles. The molecule has 3 heteroatoms. The lowest BCUT2D eigenvalue weighted by molar-refractivity contribution is 1.18. The second-order valence-electron chi connectivity index (χ2n) is 2.02. The molecular weight excluding hydrogens is 126 g/mol. The topological polar surface area (TPSA) is 29.3 Å². The molecule has 2 heterocycles. The van der Waals surface area contributed by atoms with E-state index in [-0.39, 0.29) is 0 Å². The number of aromatic nitrogens is 1. The molecule has 0 bridgehead atoms. The van der Waals surface area contributed by atoms with Gasteiger partial charge in [0.2, 0.25) is 0 Å². The first-order valence-electron chi connectivity index (χ1n) is 3.08. The molecule has 0 fully saturated rings. The van der Waals surface area contributed by atoms with Crippen LogP contribution < -0.4 is 5.32 Å². The Labute approximate surface area is 58.7 Å². The highest BCUT2D eigenvalue weighted by molar-refractivity contribution is 5.76. The molecule has 0 unspecified atom stereocenters. The van der Waals surface area contributed by atoms with Crippen LogP contribution in [0.3, 0.4) is 0 Å². The summed E-state index contributed by atoms with van der Waals surface area (Å²) in [5.41, 5.74) is 0. The van der Waals surface area contributed by atoms with E-state index in [9.17, 15) is 0 Å². The smallest absolute Gasteiger partial charge is 0.115 e. The molecule has 3 nitrogen and oxygen atoms in total. The number of anilines is 1. The van der Waals surface area contributed by atoms with Crippen LogP contribution in [0.15, 0.2) is 29.5 Å². The molecule has 0 spiro atoms. The minimum absolute atomic E-state index is 1.04. The van der Waals surface area contributed by atoms with E-state index < -0.39 is 0 Å². The maximum absolute atomic E-state index is 3.92. The lowest BCUT2D eigenvalue weighted by atomic mass is 10.6. The molecule has 0 aromatic carbocycles. The lowest BCUT2D eigenvalue weighted by Crippen LogP contribution is -1.96. The van der Waals surface area contributed by atoms with Crippen molar-refractivity contribution in [2.75, 3.05) is 5.32 Å². The number of fused-ring (bicyclic) bond motifs is 1.